The Morgan fingerprint density at radius 1 is 1.03 bits per heavy atom. The number of hydrogen-bond donors (Lipinski definition) is 1. The first-order valence-electron chi connectivity index (χ1n) is 11.2. The van der Waals surface area contributed by atoms with Crippen molar-refractivity contribution < 1.29 is 9.59 Å². The van der Waals surface area contributed by atoms with Gasteiger partial charge in [0.25, 0.3) is 5.91 Å². The summed E-state index contributed by atoms with van der Waals surface area (Å²) in [4.78, 5) is 37.8. The van der Waals surface area contributed by atoms with Crippen molar-refractivity contribution in [3.63, 3.8) is 0 Å². The van der Waals surface area contributed by atoms with Crippen LogP contribution < -0.4 is 5.32 Å². The van der Waals surface area contributed by atoms with Gasteiger partial charge in [-0.15, -0.1) is 0 Å². The molecule has 3 aromatic carbocycles. The van der Waals surface area contributed by atoms with Gasteiger partial charge in [0.15, 0.2) is 11.2 Å². The van der Waals surface area contributed by atoms with Crippen LogP contribution in [0.1, 0.15) is 36.1 Å². The number of thioether (sulfide) groups is 1. The fraction of sp³-hybridized carbons (Fsp3) is 0.185. The molecule has 2 heterocycles. The number of hydrogen-bond acceptors (Lipinski definition) is 5. The quantitative estimate of drug-likeness (QED) is 0.539. The first-order valence-corrected chi connectivity index (χ1v) is 12.1. The van der Waals surface area contributed by atoms with E-state index in [0.29, 0.717) is 17.4 Å². The normalized spacial score (nSPS) is 17.4. The van der Waals surface area contributed by atoms with Gasteiger partial charge in [0.1, 0.15) is 5.84 Å². The van der Waals surface area contributed by atoms with Gasteiger partial charge in [-0.05, 0) is 43.2 Å². The van der Waals surface area contributed by atoms with Crippen molar-refractivity contribution in [3.8, 4) is 0 Å². The van der Waals surface area contributed by atoms with Crippen molar-refractivity contribution >= 4 is 46.0 Å². The molecule has 5 rings (SSSR count). The summed E-state index contributed by atoms with van der Waals surface area (Å²) >= 11 is 1.30. The summed E-state index contributed by atoms with van der Waals surface area (Å²) in [5, 5.41) is 3.04. The first kappa shape index (κ1) is 22.1. The number of nitrogens with zero attached hydrogens (tertiary/aromatic N) is 3. The summed E-state index contributed by atoms with van der Waals surface area (Å²) in [6.07, 6.45) is 0.583. The van der Waals surface area contributed by atoms with Gasteiger partial charge in [0.2, 0.25) is 5.91 Å². The van der Waals surface area contributed by atoms with E-state index in [-0.39, 0.29) is 11.8 Å². The summed E-state index contributed by atoms with van der Waals surface area (Å²) in [5.74, 6) is 0.305. The molecule has 0 bridgehead atoms. The number of para-hydroxylation sites is 1. The molecule has 6 nitrogen and oxygen atoms in total. The van der Waals surface area contributed by atoms with E-state index in [1.165, 1.54) is 11.8 Å². The molecule has 0 spiro atoms. The minimum Gasteiger partial charge on any atom is -0.325 e. The number of amides is 2. The second-order valence-electron chi connectivity index (χ2n) is 8.22. The van der Waals surface area contributed by atoms with Gasteiger partial charge < -0.3 is 5.32 Å². The minimum atomic E-state index is -0.630. The smallest absolute Gasteiger partial charge is 0.263 e. The van der Waals surface area contributed by atoms with Gasteiger partial charge in [-0.1, -0.05) is 78.8 Å². The molecule has 0 unspecified atom stereocenters. The number of nitrogens with one attached hydrogen (secondary N) is 1. The summed E-state index contributed by atoms with van der Waals surface area (Å²) in [7, 11) is 0. The first-order chi connectivity index (χ1) is 16.5. The average Bonchev–Trinajstić information content (AvgIpc) is 3.22. The number of fused-ring (bicyclic) bond motifs is 3. The second kappa shape index (κ2) is 9.27. The van der Waals surface area contributed by atoms with Crippen molar-refractivity contribution in [1.29, 1.82) is 0 Å². The molecule has 170 valence electrons. The van der Waals surface area contributed by atoms with Crippen molar-refractivity contribution in [2.45, 2.75) is 31.6 Å². The number of aliphatic imine (C=N–C) groups is 2. The highest BCUT2D eigenvalue weighted by Crippen LogP contribution is 2.38. The third kappa shape index (κ3) is 4.15. The van der Waals surface area contributed by atoms with Crippen LogP contribution >= 0.6 is 11.8 Å². The molecular weight excluding hydrogens is 444 g/mol. The molecule has 3 aromatic rings. The predicted molar refractivity (Wildman–Crippen MR) is 138 cm³/mol. The summed E-state index contributed by atoms with van der Waals surface area (Å²) < 4.78 is 0. The highest BCUT2D eigenvalue weighted by molar-refractivity contribution is 8.15. The molecular formula is C27H24N4O2S. The molecule has 2 aliphatic heterocycles. The SMILES string of the molecule is CC[C@@H](SC1=Nc2ccccc2C2=N[C@@H](c3ccccc3)C(=O)N12)C(=O)Nc1ccc(C)cc1. The maximum atomic E-state index is 13.5. The molecule has 7 heteroatoms. The van der Waals surface area contributed by atoms with Crippen molar-refractivity contribution in [2.75, 3.05) is 5.32 Å². The minimum absolute atomic E-state index is 0.123. The van der Waals surface area contributed by atoms with E-state index < -0.39 is 11.3 Å². The maximum absolute atomic E-state index is 13.5. The van der Waals surface area contributed by atoms with Crippen molar-refractivity contribution in [1.82, 2.24) is 4.90 Å². The van der Waals surface area contributed by atoms with Crippen LogP contribution in [0.15, 0.2) is 88.8 Å². The Morgan fingerprint density at radius 2 is 1.74 bits per heavy atom. The van der Waals surface area contributed by atoms with Gasteiger partial charge in [-0.3, -0.25) is 9.59 Å². The maximum Gasteiger partial charge on any atom is 0.263 e. The van der Waals surface area contributed by atoms with Gasteiger partial charge in [0.05, 0.1) is 10.9 Å². The van der Waals surface area contributed by atoms with Gasteiger partial charge in [-0.2, -0.15) is 0 Å². The van der Waals surface area contributed by atoms with Crippen molar-refractivity contribution in [2.24, 2.45) is 9.98 Å². The molecule has 2 amide bonds. The van der Waals surface area contributed by atoms with E-state index in [4.69, 9.17) is 9.98 Å². The van der Waals surface area contributed by atoms with Crippen LogP contribution in [0.25, 0.3) is 0 Å². The highest BCUT2D eigenvalue weighted by Gasteiger charge is 2.43. The lowest BCUT2D eigenvalue weighted by Gasteiger charge is -2.27. The zero-order chi connectivity index (χ0) is 23.7. The highest BCUT2D eigenvalue weighted by atomic mass is 32.2. The van der Waals surface area contributed by atoms with Gasteiger partial charge >= 0.3 is 0 Å². The molecule has 0 aromatic heterocycles. The van der Waals surface area contributed by atoms with E-state index in [1.54, 1.807) is 4.90 Å². The number of rotatable bonds is 5. The molecule has 34 heavy (non-hydrogen) atoms. The van der Waals surface area contributed by atoms with E-state index in [1.807, 2.05) is 92.7 Å². The Hall–Kier alpha value is -3.71. The van der Waals surface area contributed by atoms with E-state index in [0.717, 1.165) is 28.1 Å². The Morgan fingerprint density at radius 3 is 2.47 bits per heavy atom. The zero-order valence-electron chi connectivity index (χ0n) is 18.9. The molecule has 0 aliphatic carbocycles. The average molecular weight is 469 g/mol. The summed E-state index contributed by atoms with van der Waals surface area (Å²) in [6, 6.07) is 24.3. The lowest BCUT2D eigenvalue weighted by Crippen LogP contribution is -2.41. The number of amidine groups is 2. The lowest BCUT2D eigenvalue weighted by molar-refractivity contribution is -0.124. The number of benzene rings is 3. The van der Waals surface area contributed by atoms with Crippen molar-refractivity contribution in [3.05, 3.63) is 95.6 Å². The molecule has 2 aliphatic rings. The molecule has 0 fully saturated rings. The van der Waals surface area contributed by atoms with Gasteiger partial charge in [-0.25, -0.2) is 14.9 Å². The van der Waals surface area contributed by atoms with Crippen LogP contribution in [0, 0.1) is 6.92 Å². The largest absolute Gasteiger partial charge is 0.325 e. The van der Waals surface area contributed by atoms with Crippen LogP contribution in [-0.2, 0) is 9.59 Å². The Kier molecular flexibility index (Phi) is 6.02. The molecule has 0 radical (unpaired) electrons. The Bertz CT molecular complexity index is 1300. The van der Waals surface area contributed by atoms with Gasteiger partial charge in [0, 0.05) is 11.3 Å². The van der Waals surface area contributed by atoms with E-state index >= 15 is 0 Å². The van der Waals surface area contributed by atoms with Crippen LogP contribution in [0.5, 0.6) is 0 Å². The summed E-state index contributed by atoms with van der Waals surface area (Å²) in [6.45, 7) is 3.96. The summed E-state index contributed by atoms with van der Waals surface area (Å²) in [5.41, 5.74) is 4.27. The second-order valence-corrected chi connectivity index (χ2v) is 9.39. The Balaban J connectivity index is 1.45. The van der Waals surface area contributed by atoms with Crippen LogP contribution in [0.3, 0.4) is 0 Å². The standard InChI is InChI=1S/C27H24N4O2S/c1-3-22(25(32)28-19-15-13-17(2)14-16-19)34-27-29-21-12-8-7-11-20(21)24-30-23(26(33)31(24)27)18-9-5-4-6-10-18/h4-16,22-23H,3H2,1-2H3,(H,28,32)/t22-,23+/m1/s1. The van der Waals surface area contributed by atoms with Crippen LogP contribution in [0.2, 0.25) is 0 Å². The third-order valence-electron chi connectivity index (χ3n) is 5.82. The number of aryl methyl sites for hydroxylation is 1. The number of carbonyl (C=O) groups is 2. The Labute approximate surface area is 202 Å². The van der Waals surface area contributed by atoms with Crippen LogP contribution in [0.4, 0.5) is 11.4 Å². The predicted octanol–water partition coefficient (Wildman–Crippen LogP) is 5.48. The fourth-order valence-corrected chi connectivity index (χ4v) is 5.01. The fourth-order valence-electron chi connectivity index (χ4n) is 3.99. The molecule has 0 saturated carbocycles. The third-order valence-corrected chi connectivity index (χ3v) is 7.13. The molecule has 2 atom stereocenters. The van der Waals surface area contributed by atoms with E-state index in [9.17, 15) is 9.59 Å². The lowest BCUT2D eigenvalue weighted by atomic mass is 10.1. The topological polar surface area (TPSA) is 74.1 Å². The number of anilines is 1. The zero-order valence-corrected chi connectivity index (χ0v) is 19.8. The molecule has 0 saturated heterocycles. The molecule has 1 N–H and O–H groups in total. The van der Waals surface area contributed by atoms with Crippen LogP contribution in [-0.4, -0.2) is 33.0 Å². The number of carbonyl (C=O) groups excluding carboxylic acids is 2. The van der Waals surface area contributed by atoms with E-state index in [2.05, 4.69) is 5.32 Å². The monoisotopic (exact) mass is 468 g/mol.